The first-order valence-electron chi connectivity index (χ1n) is 8.10. The molecule has 24 heavy (non-hydrogen) atoms. The smallest absolute Gasteiger partial charge is 0.270 e. The third-order valence-electron chi connectivity index (χ3n) is 4.00. The van der Waals surface area contributed by atoms with Crippen LogP contribution in [0.25, 0.3) is 5.65 Å². The lowest BCUT2D eigenvalue weighted by atomic mass is 10.1. The van der Waals surface area contributed by atoms with Gasteiger partial charge in [-0.3, -0.25) is 9.20 Å². The van der Waals surface area contributed by atoms with Crippen LogP contribution in [-0.4, -0.2) is 28.9 Å². The molecule has 5 heteroatoms. The molecule has 0 aliphatic heterocycles. The molecule has 0 saturated carbocycles. The van der Waals surface area contributed by atoms with Gasteiger partial charge in [-0.05, 0) is 30.5 Å². The molecule has 0 fully saturated rings. The second kappa shape index (κ2) is 7.17. The number of ether oxygens (including phenoxy) is 1. The molecule has 2 aromatic heterocycles. The SMILES string of the molecule is CCc1nc2c(OC)cccn2c1C(=O)NCCc1ccccc1. The van der Waals surface area contributed by atoms with Crippen LogP contribution in [0.3, 0.4) is 0 Å². The molecular weight excluding hydrogens is 302 g/mol. The van der Waals surface area contributed by atoms with Gasteiger partial charge < -0.3 is 10.1 Å². The van der Waals surface area contributed by atoms with E-state index in [2.05, 4.69) is 22.4 Å². The summed E-state index contributed by atoms with van der Waals surface area (Å²) in [5.74, 6) is 0.555. The van der Waals surface area contributed by atoms with E-state index in [9.17, 15) is 4.79 Å². The second-order valence-electron chi connectivity index (χ2n) is 5.52. The maximum absolute atomic E-state index is 12.7. The third-order valence-corrected chi connectivity index (χ3v) is 4.00. The zero-order valence-electron chi connectivity index (χ0n) is 14.0. The Labute approximate surface area is 141 Å². The minimum Gasteiger partial charge on any atom is -0.493 e. The van der Waals surface area contributed by atoms with Crippen LogP contribution in [-0.2, 0) is 12.8 Å². The van der Waals surface area contributed by atoms with Gasteiger partial charge in [0.2, 0.25) is 0 Å². The largest absolute Gasteiger partial charge is 0.493 e. The number of hydrogen-bond acceptors (Lipinski definition) is 3. The van der Waals surface area contributed by atoms with E-state index in [0.29, 0.717) is 30.1 Å². The molecule has 0 aliphatic carbocycles. The molecule has 124 valence electrons. The number of fused-ring (bicyclic) bond motifs is 1. The van der Waals surface area contributed by atoms with Crippen molar-refractivity contribution in [2.24, 2.45) is 0 Å². The summed E-state index contributed by atoms with van der Waals surface area (Å²) in [5.41, 5.74) is 3.23. The van der Waals surface area contributed by atoms with Crippen LogP contribution >= 0.6 is 0 Å². The fourth-order valence-electron chi connectivity index (χ4n) is 2.78. The number of benzene rings is 1. The van der Waals surface area contributed by atoms with Gasteiger partial charge in [-0.1, -0.05) is 37.3 Å². The lowest BCUT2D eigenvalue weighted by molar-refractivity contribution is 0.0947. The number of amides is 1. The molecule has 1 amide bonds. The molecule has 1 aromatic carbocycles. The van der Waals surface area contributed by atoms with E-state index in [1.54, 1.807) is 11.5 Å². The van der Waals surface area contributed by atoms with Crippen LogP contribution in [0.15, 0.2) is 48.7 Å². The highest BCUT2D eigenvalue weighted by Crippen LogP contribution is 2.22. The lowest BCUT2D eigenvalue weighted by Gasteiger charge is -2.07. The first-order chi connectivity index (χ1) is 11.7. The van der Waals surface area contributed by atoms with Gasteiger partial charge in [-0.15, -0.1) is 0 Å². The lowest BCUT2D eigenvalue weighted by Crippen LogP contribution is -2.27. The van der Waals surface area contributed by atoms with E-state index in [4.69, 9.17) is 4.74 Å². The van der Waals surface area contributed by atoms with Crippen molar-refractivity contribution in [3.63, 3.8) is 0 Å². The monoisotopic (exact) mass is 323 g/mol. The number of aromatic nitrogens is 2. The average molecular weight is 323 g/mol. The number of carbonyl (C=O) groups excluding carboxylic acids is 1. The number of methoxy groups -OCH3 is 1. The number of rotatable bonds is 6. The van der Waals surface area contributed by atoms with Crippen molar-refractivity contribution in [1.29, 1.82) is 0 Å². The normalized spacial score (nSPS) is 10.8. The highest BCUT2D eigenvalue weighted by Gasteiger charge is 2.19. The Kier molecular flexibility index (Phi) is 4.79. The second-order valence-corrected chi connectivity index (χ2v) is 5.52. The summed E-state index contributed by atoms with van der Waals surface area (Å²) in [6.07, 6.45) is 3.33. The van der Waals surface area contributed by atoms with Crippen LogP contribution in [0.5, 0.6) is 5.75 Å². The van der Waals surface area contributed by atoms with E-state index in [-0.39, 0.29) is 5.91 Å². The molecule has 0 atom stereocenters. The first-order valence-corrected chi connectivity index (χ1v) is 8.10. The standard InChI is InChI=1S/C19H21N3O2/c1-3-15-17(22-13-7-10-16(24-2)18(22)21-15)19(23)20-12-11-14-8-5-4-6-9-14/h4-10,13H,3,11-12H2,1-2H3,(H,20,23). The van der Waals surface area contributed by atoms with E-state index < -0.39 is 0 Å². The van der Waals surface area contributed by atoms with Crippen molar-refractivity contribution in [3.8, 4) is 5.75 Å². The quantitative estimate of drug-likeness (QED) is 0.759. The van der Waals surface area contributed by atoms with Crippen molar-refractivity contribution in [2.75, 3.05) is 13.7 Å². The summed E-state index contributed by atoms with van der Waals surface area (Å²) < 4.78 is 7.15. The van der Waals surface area contributed by atoms with Crippen molar-refractivity contribution in [1.82, 2.24) is 14.7 Å². The van der Waals surface area contributed by atoms with Gasteiger partial charge in [-0.25, -0.2) is 4.98 Å². The Balaban J connectivity index is 1.81. The highest BCUT2D eigenvalue weighted by molar-refractivity contribution is 5.95. The molecule has 0 saturated heterocycles. The molecule has 0 bridgehead atoms. The van der Waals surface area contributed by atoms with Gasteiger partial charge >= 0.3 is 0 Å². The summed E-state index contributed by atoms with van der Waals surface area (Å²) in [6.45, 7) is 2.58. The maximum Gasteiger partial charge on any atom is 0.270 e. The number of hydrogen-bond donors (Lipinski definition) is 1. The molecule has 0 radical (unpaired) electrons. The predicted octanol–water partition coefficient (Wildman–Crippen LogP) is 2.88. The van der Waals surface area contributed by atoms with Crippen LogP contribution in [0.2, 0.25) is 0 Å². The zero-order chi connectivity index (χ0) is 16.9. The zero-order valence-corrected chi connectivity index (χ0v) is 14.0. The number of nitrogens with zero attached hydrogens (tertiary/aromatic N) is 2. The Bertz CT molecular complexity index is 840. The Hall–Kier alpha value is -2.82. The van der Waals surface area contributed by atoms with Gasteiger partial charge in [0.05, 0.1) is 12.8 Å². The number of imidazole rings is 1. The molecule has 3 rings (SSSR count). The topological polar surface area (TPSA) is 55.6 Å². The van der Waals surface area contributed by atoms with Crippen LogP contribution in [0.1, 0.15) is 28.7 Å². The molecular formula is C19H21N3O2. The Morgan fingerprint density at radius 1 is 1.21 bits per heavy atom. The van der Waals surface area contributed by atoms with E-state index >= 15 is 0 Å². The van der Waals surface area contributed by atoms with Crippen LogP contribution in [0.4, 0.5) is 0 Å². The van der Waals surface area contributed by atoms with Gasteiger partial charge in [0.15, 0.2) is 11.4 Å². The van der Waals surface area contributed by atoms with Gasteiger partial charge in [-0.2, -0.15) is 0 Å². The summed E-state index contributed by atoms with van der Waals surface area (Å²) in [4.78, 5) is 17.2. The molecule has 2 heterocycles. The van der Waals surface area contributed by atoms with Crippen molar-refractivity contribution in [3.05, 3.63) is 65.6 Å². The fourth-order valence-corrected chi connectivity index (χ4v) is 2.78. The minimum absolute atomic E-state index is 0.108. The predicted molar refractivity (Wildman–Crippen MR) is 93.6 cm³/mol. The van der Waals surface area contributed by atoms with Crippen molar-refractivity contribution in [2.45, 2.75) is 19.8 Å². The van der Waals surface area contributed by atoms with Gasteiger partial charge in [0.1, 0.15) is 5.69 Å². The third kappa shape index (κ3) is 3.11. The van der Waals surface area contributed by atoms with Gasteiger partial charge in [0, 0.05) is 12.7 Å². The van der Waals surface area contributed by atoms with E-state index in [1.807, 2.05) is 43.5 Å². The molecule has 1 N–H and O–H groups in total. The summed E-state index contributed by atoms with van der Waals surface area (Å²) in [7, 11) is 1.61. The summed E-state index contributed by atoms with van der Waals surface area (Å²) in [5, 5.41) is 3.00. The maximum atomic E-state index is 12.7. The molecule has 3 aromatic rings. The Morgan fingerprint density at radius 3 is 2.71 bits per heavy atom. The number of pyridine rings is 1. The highest BCUT2D eigenvalue weighted by atomic mass is 16.5. The minimum atomic E-state index is -0.108. The number of aryl methyl sites for hydroxylation is 1. The average Bonchev–Trinajstić information content (AvgIpc) is 3.01. The number of nitrogens with one attached hydrogen (secondary N) is 1. The van der Waals surface area contributed by atoms with Crippen molar-refractivity contribution >= 4 is 11.6 Å². The van der Waals surface area contributed by atoms with Crippen LogP contribution in [0, 0.1) is 0 Å². The first kappa shape index (κ1) is 16.1. The molecule has 0 spiro atoms. The number of carbonyl (C=O) groups is 1. The van der Waals surface area contributed by atoms with E-state index in [0.717, 1.165) is 12.1 Å². The Morgan fingerprint density at radius 2 is 2.00 bits per heavy atom. The molecule has 5 nitrogen and oxygen atoms in total. The molecule has 0 unspecified atom stereocenters. The summed E-state index contributed by atoms with van der Waals surface area (Å²) >= 11 is 0. The summed E-state index contributed by atoms with van der Waals surface area (Å²) in [6, 6.07) is 13.8. The molecule has 0 aliphatic rings. The van der Waals surface area contributed by atoms with E-state index in [1.165, 1.54) is 5.56 Å². The van der Waals surface area contributed by atoms with Crippen molar-refractivity contribution < 1.29 is 9.53 Å². The fraction of sp³-hybridized carbons (Fsp3) is 0.263. The van der Waals surface area contributed by atoms with Crippen LogP contribution < -0.4 is 10.1 Å². The van der Waals surface area contributed by atoms with Gasteiger partial charge in [0.25, 0.3) is 5.91 Å².